The van der Waals surface area contributed by atoms with Crippen LogP contribution >= 0.6 is 0 Å². The number of hydrogen-bond acceptors (Lipinski definition) is 11. The average molecular weight is 495 g/mol. The van der Waals surface area contributed by atoms with Crippen molar-refractivity contribution in [1.82, 2.24) is 5.32 Å². The molecule has 1 heterocycles. The van der Waals surface area contributed by atoms with Crippen LogP contribution in [0.3, 0.4) is 0 Å². The zero-order valence-electron chi connectivity index (χ0n) is 19.9. The highest BCUT2D eigenvalue weighted by molar-refractivity contribution is 5.78. The summed E-state index contributed by atoms with van der Waals surface area (Å²) in [6, 6.07) is 7.88. The number of benzene rings is 1. The zero-order valence-corrected chi connectivity index (χ0v) is 19.9. The number of rotatable bonds is 10. The first kappa shape index (κ1) is 27.7. The molecule has 3 unspecified atom stereocenters. The van der Waals surface area contributed by atoms with Gasteiger partial charge in [0.1, 0.15) is 25.4 Å². The van der Waals surface area contributed by atoms with Crippen LogP contribution in [0, 0.1) is 0 Å². The van der Waals surface area contributed by atoms with Crippen molar-refractivity contribution in [3.8, 4) is 0 Å². The third kappa shape index (κ3) is 9.33. The van der Waals surface area contributed by atoms with Gasteiger partial charge in [-0.25, -0.2) is 0 Å². The SMILES string of the molecule is CC(=O)OCC1OC(OC(C)=O)C(NC(=O)COCc2ccccc2)[C@@H](OC(C)=O)[C@H]1OC(C)=O. The minimum atomic E-state index is -1.46. The molecule has 5 atom stereocenters. The molecule has 1 saturated heterocycles. The molecule has 35 heavy (non-hydrogen) atoms. The Morgan fingerprint density at radius 2 is 1.43 bits per heavy atom. The van der Waals surface area contributed by atoms with E-state index >= 15 is 0 Å². The molecule has 1 N–H and O–H groups in total. The Labute approximate surface area is 202 Å². The van der Waals surface area contributed by atoms with Crippen molar-refractivity contribution >= 4 is 29.8 Å². The molecule has 0 aromatic heterocycles. The molecule has 0 spiro atoms. The zero-order chi connectivity index (χ0) is 26.0. The maximum Gasteiger partial charge on any atom is 0.305 e. The minimum Gasteiger partial charge on any atom is -0.463 e. The fourth-order valence-corrected chi connectivity index (χ4v) is 3.38. The van der Waals surface area contributed by atoms with Crippen molar-refractivity contribution in [3.05, 3.63) is 35.9 Å². The van der Waals surface area contributed by atoms with Gasteiger partial charge in [-0.05, 0) is 5.56 Å². The van der Waals surface area contributed by atoms with Crippen LogP contribution in [0.4, 0.5) is 0 Å². The van der Waals surface area contributed by atoms with Crippen LogP contribution in [0.5, 0.6) is 0 Å². The Morgan fingerprint density at radius 3 is 2.00 bits per heavy atom. The van der Waals surface area contributed by atoms with Gasteiger partial charge in [0.15, 0.2) is 12.2 Å². The largest absolute Gasteiger partial charge is 0.463 e. The van der Waals surface area contributed by atoms with E-state index < -0.39 is 67.0 Å². The van der Waals surface area contributed by atoms with Crippen molar-refractivity contribution in [1.29, 1.82) is 0 Å². The third-order valence-corrected chi connectivity index (χ3v) is 4.66. The normalized spacial score (nSPS) is 23.5. The standard InChI is InChI=1S/C23H29NO11/c1-13(25)31-11-18-21(32-14(2)26)22(33-15(3)27)20(23(35-18)34-16(4)28)24-19(29)12-30-10-17-8-6-5-7-9-17/h5-9,18,20-23H,10-12H2,1-4H3,(H,24,29)/t18?,20?,21-,22+,23?/m0/s1. The van der Waals surface area contributed by atoms with Gasteiger partial charge >= 0.3 is 23.9 Å². The summed E-state index contributed by atoms with van der Waals surface area (Å²) >= 11 is 0. The van der Waals surface area contributed by atoms with Crippen LogP contribution < -0.4 is 5.32 Å². The lowest BCUT2D eigenvalue weighted by Gasteiger charge is -2.44. The van der Waals surface area contributed by atoms with Crippen LogP contribution in [0.1, 0.15) is 33.3 Å². The Hall–Kier alpha value is -3.51. The van der Waals surface area contributed by atoms with Crippen LogP contribution in [-0.2, 0) is 59.0 Å². The molecule has 0 bridgehead atoms. The molecule has 1 fully saturated rings. The Bertz CT molecular complexity index is 904. The highest BCUT2D eigenvalue weighted by Crippen LogP contribution is 2.28. The summed E-state index contributed by atoms with van der Waals surface area (Å²) in [5.41, 5.74) is 0.847. The van der Waals surface area contributed by atoms with Gasteiger partial charge in [-0.1, -0.05) is 30.3 Å². The molecule has 0 saturated carbocycles. The van der Waals surface area contributed by atoms with Crippen molar-refractivity contribution in [2.75, 3.05) is 13.2 Å². The Morgan fingerprint density at radius 1 is 0.829 bits per heavy atom. The molecule has 0 radical (unpaired) electrons. The summed E-state index contributed by atoms with van der Waals surface area (Å²) < 4.78 is 32.0. The van der Waals surface area contributed by atoms with Gasteiger partial charge in [-0.2, -0.15) is 0 Å². The first-order chi connectivity index (χ1) is 16.6. The van der Waals surface area contributed by atoms with Gasteiger partial charge in [0.05, 0.1) is 6.61 Å². The van der Waals surface area contributed by atoms with E-state index in [9.17, 15) is 24.0 Å². The number of hydrogen-bond donors (Lipinski definition) is 1. The second-order valence-corrected chi connectivity index (χ2v) is 7.67. The van der Waals surface area contributed by atoms with Crippen LogP contribution in [0.15, 0.2) is 30.3 Å². The lowest BCUT2D eigenvalue weighted by Crippen LogP contribution is -2.67. The predicted molar refractivity (Wildman–Crippen MR) is 116 cm³/mol. The van der Waals surface area contributed by atoms with E-state index in [2.05, 4.69) is 5.32 Å². The van der Waals surface area contributed by atoms with E-state index in [4.69, 9.17) is 28.4 Å². The number of ether oxygens (including phenoxy) is 6. The van der Waals surface area contributed by atoms with Crippen molar-refractivity contribution in [2.24, 2.45) is 0 Å². The average Bonchev–Trinajstić information content (AvgIpc) is 2.76. The van der Waals surface area contributed by atoms with Crippen molar-refractivity contribution in [2.45, 2.75) is 64.9 Å². The number of nitrogens with one attached hydrogen (secondary N) is 1. The van der Waals surface area contributed by atoms with Gasteiger partial charge in [0.2, 0.25) is 12.2 Å². The second kappa shape index (κ2) is 13.4. The lowest BCUT2D eigenvalue weighted by molar-refractivity contribution is -0.271. The fraction of sp³-hybridized carbons (Fsp3) is 0.522. The van der Waals surface area contributed by atoms with E-state index in [1.54, 1.807) is 0 Å². The Balaban J connectivity index is 2.24. The first-order valence-corrected chi connectivity index (χ1v) is 10.8. The van der Waals surface area contributed by atoms with Gasteiger partial charge in [0.25, 0.3) is 0 Å². The van der Waals surface area contributed by atoms with Crippen LogP contribution in [0.25, 0.3) is 0 Å². The summed E-state index contributed by atoms with van der Waals surface area (Å²) in [5, 5.41) is 2.56. The fourth-order valence-electron chi connectivity index (χ4n) is 3.38. The molecular weight excluding hydrogens is 466 g/mol. The van der Waals surface area contributed by atoms with Crippen molar-refractivity contribution in [3.63, 3.8) is 0 Å². The smallest absolute Gasteiger partial charge is 0.305 e. The van der Waals surface area contributed by atoms with E-state index in [0.29, 0.717) is 0 Å². The lowest BCUT2D eigenvalue weighted by atomic mass is 9.96. The molecule has 0 aliphatic carbocycles. The van der Waals surface area contributed by atoms with Gasteiger partial charge in [0, 0.05) is 27.7 Å². The summed E-state index contributed by atoms with van der Waals surface area (Å²) in [7, 11) is 0. The highest BCUT2D eigenvalue weighted by Gasteiger charge is 2.52. The number of amides is 1. The monoisotopic (exact) mass is 495 g/mol. The molecule has 1 aliphatic heterocycles. The Kier molecular flexibility index (Phi) is 10.6. The maximum atomic E-state index is 12.6. The summed E-state index contributed by atoms with van der Waals surface area (Å²) in [6.45, 7) is 3.90. The number of carbonyl (C=O) groups is 5. The summed E-state index contributed by atoms with van der Waals surface area (Å²) in [6.07, 6.45) is -5.26. The van der Waals surface area contributed by atoms with Gasteiger partial charge < -0.3 is 33.7 Å². The first-order valence-electron chi connectivity index (χ1n) is 10.8. The molecule has 12 nitrogen and oxygen atoms in total. The molecule has 192 valence electrons. The van der Waals surface area contributed by atoms with Gasteiger partial charge in [-0.15, -0.1) is 0 Å². The van der Waals surface area contributed by atoms with Crippen molar-refractivity contribution < 1.29 is 52.4 Å². The summed E-state index contributed by atoms with van der Waals surface area (Å²) in [5.74, 6) is -3.54. The quantitative estimate of drug-likeness (QED) is 0.354. The van der Waals surface area contributed by atoms with E-state index in [0.717, 1.165) is 33.3 Å². The topological polar surface area (TPSA) is 153 Å². The maximum absolute atomic E-state index is 12.6. The molecule has 2 rings (SSSR count). The summed E-state index contributed by atoms with van der Waals surface area (Å²) in [4.78, 5) is 59.3. The molecule has 1 aromatic rings. The van der Waals surface area contributed by atoms with Crippen LogP contribution in [0.2, 0.25) is 0 Å². The molecule has 1 amide bonds. The number of carbonyl (C=O) groups excluding carboxylic acids is 5. The molecule has 12 heteroatoms. The van der Waals surface area contributed by atoms with Gasteiger partial charge in [-0.3, -0.25) is 24.0 Å². The van der Waals surface area contributed by atoms with E-state index in [1.165, 1.54) is 0 Å². The van der Waals surface area contributed by atoms with E-state index in [-0.39, 0.29) is 13.2 Å². The molecular formula is C23H29NO11. The minimum absolute atomic E-state index is 0.163. The molecule has 1 aliphatic rings. The molecule has 1 aromatic carbocycles. The van der Waals surface area contributed by atoms with E-state index in [1.807, 2.05) is 30.3 Å². The second-order valence-electron chi connectivity index (χ2n) is 7.67. The number of esters is 4. The third-order valence-electron chi connectivity index (χ3n) is 4.66. The van der Waals surface area contributed by atoms with Crippen LogP contribution in [-0.4, -0.2) is 73.6 Å². The predicted octanol–water partition coefficient (Wildman–Crippen LogP) is 0.403. The highest BCUT2D eigenvalue weighted by atomic mass is 16.7.